The summed E-state index contributed by atoms with van der Waals surface area (Å²) in [6, 6.07) is 15.2. The van der Waals surface area contributed by atoms with E-state index in [1.54, 1.807) is 0 Å². The minimum absolute atomic E-state index is 0. The first-order valence-electron chi connectivity index (χ1n) is 7.81. The van der Waals surface area contributed by atoms with Crippen LogP contribution in [0.1, 0.15) is 21.4 Å². The fourth-order valence-electron chi connectivity index (χ4n) is 2.44. The van der Waals surface area contributed by atoms with Crippen molar-refractivity contribution in [3.63, 3.8) is 0 Å². The molecule has 0 spiro atoms. The van der Waals surface area contributed by atoms with Gasteiger partial charge in [-0.3, -0.25) is 4.99 Å². The average molecular weight is 458 g/mol. The Balaban J connectivity index is 0.00000288. The Morgan fingerprint density at radius 2 is 1.83 bits per heavy atom. The monoisotopic (exact) mass is 458 g/mol. The van der Waals surface area contributed by atoms with Crippen molar-refractivity contribution in [2.75, 3.05) is 27.7 Å². The van der Waals surface area contributed by atoms with Crippen molar-refractivity contribution in [1.29, 1.82) is 0 Å². The van der Waals surface area contributed by atoms with Crippen molar-refractivity contribution in [3.8, 4) is 0 Å². The number of likely N-dealkylation sites (N-methyl/N-ethyl adjacent to an activating group) is 1. The van der Waals surface area contributed by atoms with E-state index in [2.05, 4.69) is 77.9 Å². The third-order valence-electron chi connectivity index (χ3n) is 3.72. The lowest BCUT2D eigenvalue weighted by molar-refractivity contribution is 0.298. The molecule has 2 N–H and O–H groups in total. The van der Waals surface area contributed by atoms with E-state index in [4.69, 9.17) is 0 Å². The normalized spacial score (nSPS) is 12.6. The van der Waals surface area contributed by atoms with Gasteiger partial charge in [0, 0.05) is 23.3 Å². The maximum Gasteiger partial charge on any atom is 0.191 e. The first-order chi connectivity index (χ1) is 11.1. The van der Waals surface area contributed by atoms with E-state index in [1.165, 1.54) is 15.3 Å². The molecular formula is C18H27IN4S. The number of thiophene rings is 1. The van der Waals surface area contributed by atoms with Crippen LogP contribution in [0.15, 0.2) is 47.5 Å². The number of guanidine groups is 1. The predicted molar refractivity (Wildman–Crippen MR) is 116 cm³/mol. The van der Waals surface area contributed by atoms with Crippen LogP contribution in [0.2, 0.25) is 0 Å². The molecule has 0 aliphatic carbocycles. The predicted octanol–water partition coefficient (Wildman–Crippen LogP) is 3.64. The number of benzene rings is 1. The van der Waals surface area contributed by atoms with Crippen LogP contribution in [0.3, 0.4) is 0 Å². The molecule has 0 saturated carbocycles. The summed E-state index contributed by atoms with van der Waals surface area (Å²) in [6.45, 7) is 3.74. The highest BCUT2D eigenvalue weighted by Gasteiger charge is 2.14. The van der Waals surface area contributed by atoms with Crippen LogP contribution in [-0.4, -0.2) is 38.5 Å². The molecule has 1 heterocycles. The van der Waals surface area contributed by atoms with Gasteiger partial charge >= 0.3 is 0 Å². The van der Waals surface area contributed by atoms with Crippen LogP contribution < -0.4 is 10.6 Å². The van der Waals surface area contributed by atoms with E-state index < -0.39 is 0 Å². The molecule has 6 heteroatoms. The topological polar surface area (TPSA) is 39.7 Å². The van der Waals surface area contributed by atoms with Gasteiger partial charge in [-0.2, -0.15) is 0 Å². The summed E-state index contributed by atoms with van der Waals surface area (Å²) in [6.07, 6.45) is 0. The maximum absolute atomic E-state index is 4.32. The van der Waals surface area contributed by atoms with E-state index in [0.717, 1.165) is 19.0 Å². The minimum Gasteiger partial charge on any atom is -0.354 e. The smallest absolute Gasteiger partial charge is 0.191 e. The molecule has 2 aromatic rings. The fraction of sp³-hybridized carbons (Fsp3) is 0.389. The highest BCUT2D eigenvalue weighted by Crippen LogP contribution is 2.17. The van der Waals surface area contributed by atoms with Gasteiger partial charge in [-0.05, 0) is 38.7 Å². The zero-order valence-corrected chi connectivity index (χ0v) is 17.9. The number of hydrogen-bond donors (Lipinski definition) is 2. The second-order valence-electron chi connectivity index (χ2n) is 5.71. The summed E-state index contributed by atoms with van der Waals surface area (Å²) < 4.78 is 0. The van der Waals surface area contributed by atoms with Crippen molar-refractivity contribution in [3.05, 3.63) is 57.8 Å². The SMILES string of the molecule is CN=C(NCc1ccc(C)s1)NCC(c1ccccc1)N(C)C.I. The van der Waals surface area contributed by atoms with Gasteiger partial charge < -0.3 is 15.5 Å². The van der Waals surface area contributed by atoms with Crippen LogP contribution in [-0.2, 0) is 6.54 Å². The van der Waals surface area contributed by atoms with Crippen molar-refractivity contribution < 1.29 is 0 Å². The lowest BCUT2D eigenvalue weighted by Gasteiger charge is -2.26. The Bertz CT molecular complexity index is 625. The Kier molecular flexibility index (Phi) is 9.31. The van der Waals surface area contributed by atoms with Gasteiger partial charge in [-0.25, -0.2) is 0 Å². The second-order valence-corrected chi connectivity index (χ2v) is 7.08. The van der Waals surface area contributed by atoms with Gasteiger partial charge in [0.2, 0.25) is 0 Å². The highest BCUT2D eigenvalue weighted by molar-refractivity contribution is 14.0. The Labute approximate surface area is 166 Å². The Morgan fingerprint density at radius 1 is 1.12 bits per heavy atom. The van der Waals surface area contributed by atoms with Gasteiger partial charge in [0.05, 0.1) is 12.6 Å². The molecule has 24 heavy (non-hydrogen) atoms. The molecule has 0 aliphatic rings. The summed E-state index contributed by atoms with van der Waals surface area (Å²) in [7, 11) is 6.01. The standard InChI is InChI=1S/C18H26N4S.HI/c1-14-10-11-16(23-14)12-20-18(19-2)21-13-17(22(3)4)15-8-6-5-7-9-15;/h5-11,17H,12-13H2,1-4H3,(H2,19,20,21);1H. The van der Waals surface area contributed by atoms with E-state index in [-0.39, 0.29) is 24.0 Å². The third kappa shape index (κ3) is 6.41. The molecule has 0 bridgehead atoms. The van der Waals surface area contributed by atoms with Crippen LogP contribution in [0.4, 0.5) is 0 Å². The molecule has 0 saturated heterocycles. The van der Waals surface area contributed by atoms with Crippen molar-refractivity contribution in [2.24, 2.45) is 4.99 Å². The number of hydrogen-bond acceptors (Lipinski definition) is 3. The molecule has 132 valence electrons. The van der Waals surface area contributed by atoms with E-state index in [9.17, 15) is 0 Å². The zero-order chi connectivity index (χ0) is 16.7. The summed E-state index contributed by atoms with van der Waals surface area (Å²) in [5.41, 5.74) is 1.30. The lowest BCUT2D eigenvalue weighted by Crippen LogP contribution is -2.41. The summed E-state index contributed by atoms with van der Waals surface area (Å²) in [4.78, 5) is 9.19. The molecule has 1 atom stereocenters. The molecule has 2 rings (SSSR count). The molecule has 0 aliphatic heterocycles. The van der Waals surface area contributed by atoms with Crippen LogP contribution in [0, 0.1) is 6.92 Å². The zero-order valence-electron chi connectivity index (χ0n) is 14.7. The molecule has 4 nitrogen and oxygen atoms in total. The highest BCUT2D eigenvalue weighted by atomic mass is 127. The summed E-state index contributed by atoms with van der Waals surface area (Å²) in [5.74, 6) is 0.832. The first-order valence-corrected chi connectivity index (χ1v) is 8.63. The Morgan fingerprint density at radius 3 is 2.38 bits per heavy atom. The minimum atomic E-state index is 0. The number of nitrogens with zero attached hydrogens (tertiary/aromatic N) is 2. The van der Waals surface area contributed by atoms with E-state index in [1.807, 2.05) is 24.5 Å². The summed E-state index contributed by atoms with van der Waals surface area (Å²) >= 11 is 1.81. The van der Waals surface area contributed by atoms with Gasteiger partial charge in [0.1, 0.15) is 0 Å². The number of aryl methyl sites for hydroxylation is 1. The molecular weight excluding hydrogens is 431 g/mol. The number of rotatable bonds is 6. The maximum atomic E-state index is 4.32. The number of halogens is 1. The van der Waals surface area contributed by atoms with Crippen molar-refractivity contribution in [1.82, 2.24) is 15.5 Å². The van der Waals surface area contributed by atoms with Crippen LogP contribution in [0.25, 0.3) is 0 Å². The lowest BCUT2D eigenvalue weighted by atomic mass is 10.1. The average Bonchev–Trinajstić information content (AvgIpc) is 2.96. The van der Waals surface area contributed by atoms with Gasteiger partial charge in [0.15, 0.2) is 5.96 Å². The van der Waals surface area contributed by atoms with Crippen molar-refractivity contribution in [2.45, 2.75) is 19.5 Å². The molecule has 1 aromatic carbocycles. The molecule has 1 aromatic heterocycles. The number of nitrogens with one attached hydrogen (secondary N) is 2. The van der Waals surface area contributed by atoms with Gasteiger partial charge in [-0.15, -0.1) is 35.3 Å². The summed E-state index contributed by atoms with van der Waals surface area (Å²) in [5, 5.41) is 6.80. The molecule has 0 amide bonds. The Hall–Kier alpha value is -1.12. The first kappa shape index (κ1) is 20.9. The van der Waals surface area contributed by atoms with Crippen LogP contribution >= 0.6 is 35.3 Å². The second kappa shape index (κ2) is 10.7. The van der Waals surface area contributed by atoms with E-state index in [0.29, 0.717) is 6.04 Å². The van der Waals surface area contributed by atoms with Gasteiger partial charge in [0.25, 0.3) is 0 Å². The third-order valence-corrected chi connectivity index (χ3v) is 4.72. The molecule has 1 unspecified atom stereocenters. The molecule has 0 fully saturated rings. The quantitative estimate of drug-likeness (QED) is 0.395. The number of aliphatic imine (C=N–C) groups is 1. The molecule has 0 radical (unpaired) electrons. The van der Waals surface area contributed by atoms with Crippen LogP contribution in [0.5, 0.6) is 0 Å². The van der Waals surface area contributed by atoms with Gasteiger partial charge in [-0.1, -0.05) is 30.3 Å². The fourth-order valence-corrected chi connectivity index (χ4v) is 3.27. The largest absolute Gasteiger partial charge is 0.354 e. The van der Waals surface area contributed by atoms with Crippen molar-refractivity contribution >= 4 is 41.3 Å². The van der Waals surface area contributed by atoms with E-state index >= 15 is 0 Å².